The first kappa shape index (κ1) is 16.6. The van der Waals surface area contributed by atoms with E-state index in [-0.39, 0.29) is 5.56 Å². The summed E-state index contributed by atoms with van der Waals surface area (Å²) in [6, 6.07) is 4.18. The van der Waals surface area contributed by atoms with Crippen LogP contribution in [0.15, 0.2) is 29.5 Å². The first-order valence-electron chi connectivity index (χ1n) is 8.29. The van der Waals surface area contributed by atoms with Gasteiger partial charge in [-0.2, -0.15) is 5.10 Å². The van der Waals surface area contributed by atoms with Gasteiger partial charge in [-0.05, 0) is 25.3 Å². The van der Waals surface area contributed by atoms with E-state index < -0.39 is 0 Å². The van der Waals surface area contributed by atoms with Gasteiger partial charge in [0.25, 0.3) is 5.56 Å². The van der Waals surface area contributed by atoms with Crippen LogP contribution in [0.1, 0.15) is 24.1 Å². The standard InChI is InChI=1S/C17H24N6O/c1-13-8-16(19-12-18-13)21(2)15-4-6-23(7-5-15)11-14-9-17(24)22(3)20-10-14/h8-10,12,15H,4-7,11H2,1-3H3. The molecule has 0 radical (unpaired) electrons. The molecule has 1 saturated heterocycles. The van der Waals surface area contributed by atoms with Gasteiger partial charge in [-0.15, -0.1) is 0 Å². The van der Waals surface area contributed by atoms with Gasteiger partial charge in [0.05, 0.1) is 6.20 Å². The van der Waals surface area contributed by atoms with Gasteiger partial charge in [0, 0.05) is 57.6 Å². The monoisotopic (exact) mass is 328 g/mol. The molecule has 0 unspecified atom stereocenters. The van der Waals surface area contributed by atoms with E-state index in [1.807, 2.05) is 13.0 Å². The summed E-state index contributed by atoms with van der Waals surface area (Å²) in [5.74, 6) is 0.983. The Morgan fingerprint density at radius 3 is 2.67 bits per heavy atom. The van der Waals surface area contributed by atoms with Crippen molar-refractivity contribution in [2.45, 2.75) is 32.4 Å². The minimum absolute atomic E-state index is 0.0544. The van der Waals surface area contributed by atoms with Crippen molar-refractivity contribution in [2.24, 2.45) is 7.05 Å². The quantitative estimate of drug-likeness (QED) is 0.833. The van der Waals surface area contributed by atoms with E-state index in [0.29, 0.717) is 6.04 Å². The molecule has 0 saturated carbocycles. The molecule has 0 aromatic carbocycles. The molecule has 7 nitrogen and oxygen atoms in total. The molecule has 0 N–H and O–H groups in total. The summed E-state index contributed by atoms with van der Waals surface area (Å²) in [6.45, 7) is 4.79. The van der Waals surface area contributed by atoms with Crippen LogP contribution >= 0.6 is 0 Å². The van der Waals surface area contributed by atoms with Gasteiger partial charge >= 0.3 is 0 Å². The van der Waals surface area contributed by atoms with Crippen LogP contribution in [0.2, 0.25) is 0 Å². The molecule has 2 aromatic rings. The topological polar surface area (TPSA) is 67.2 Å². The average Bonchev–Trinajstić information content (AvgIpc) is 2.58. The molecule has 0 atom stereocenters. The molecule has 128 valence electrons. The Kier molecular flexibility index (Phi) is 4.89. The highest BCUT2D eigenvalue weighted by atomic mass is 16.1. The van der Waals surface area contributed by atoms with Crippen molar-refractivity contribution in [3.63, 3.8) is 0 Å². The van der Waals surface area contributed by atoms with E-state index in [1.165, 1.54) is 4.68 Å². The number of piperidine rings is 1. The Labute approximate surface area is 142 Å². The highest BCUT2D eigenvalue weighted by Gasteiger charge is 2.23. The van der Waals surface area contributed by atoms with Crippen molar-refractivity contribution >= 4 is 5.82 Å². The number of hydrogen-bond donors (Lipinski definition) is 0. The minimum Gasteiger partial charge on any atom is -0.356 e. The SMILES string of the molecule is Cc1cc(N(C)C2CCN(Cc3cnn(C)c(=O)c3)CC2)ncn1. The molecule has 1 aliphatic heterocycles. The Morgan fingerprint density at radius 1 is 1.25 bits per heavy atom. The number of anilines is 1. The number of aryl methyl sites for hydroxylation is 2. The van der Waals surface area contributed by atoms with Crippen LogP contribution in [0.3, 0.4) is 0 Å². The number of rotatable bonds is 4. The van der Waals surface area contributed by atoms with E-state index in [4.69, 9.17) is 0 Å². The van der Waals surface area contributed by atoms with Crippen LogP contribution in [-0.2, 0) is 13.6 Å². The molecule has 0 spiro atoms. The largest absolute Gasteiger partial charge is 0.356 e. The normalized spacial score (nSPS) is 16.3. The maximum absolute atomic E-state index is 11.7. The number of nitrogens with zero attached hydrogens (tertiary/aromatic N) is 6. The zero-order chi connectivity index (χ0) is 17.1. The molecular formula is C17H24N6O. The van der Waals surface area contributed by atoms with Gasteiger partial charge in [-0.1, -0.05) is 0 Å². The van der Waals surface area contributed by atoms with Gasteiger partial charge in [0.1, 0.15) is 12.1 Å². The molecule has 1 fully saturated rings. The molecule has 0 amide bonds. The fourth-order valence-corrected chi connectivity index (χ4v) is 3.14. The summed E-state index contributed by atoms with van der Waals surface area (Å²) in [5.41, 5.74) is 1.92. The predicted molar refractivity (Wildman–Crippen MR) is 92.9 cm³/mol. The summed E-state index contributed by atoms with van der Waals surface area (Å²) in [6.07, 6.45) is 5.57. The number of aromatic nitrogens is 4. The van der Waals surface area contributed by atoms with Crippen molar-refractivity contribution in [1.82, 2.24) is 24.6 Å². The van der Waals surface area contributed by atoms with E-state index in [2.05, 4.69) is 31.9 Å². The Hall–Kier alpha value is -2.28. The van der Waals surface area contributed by atoms with Gasteiger partial charge in [-0.25, -0.2) is 14.6 Å². The van der Waals surface area contributed by atoms with Crippen LogP contribution < -0.4 is 10.5 Å². The average molecular weight is 328 g/mol. The van der Waals surface area contributed by atoms with E-state index >= 15 is 0 Å². The lowest BCUT2D eigenvalue weighted by molar-refractivity contribution is 0.202. The summed E-state index contributed by atoms with van der Waals surface area (Å²) in [4.78, 5) is 24.8. The summed E-state index contributed by atoms with van der Waals surface area (Å²) in [5, 5.41) is 4.09. The zero-order valence-corrected chi connectivity index (χ0v) is 14.5. The lowest BCUT2D eigenvalue weighted by atomic mass is 10.0. The third-order valence-corrected chi connectivity index (χ3v) is 4.69. The van der Waals surface area contributed by atoms with Gasteiger partial charge < -0.3 is 4.90 Å². The summed E-state index contributed by atoms with van der Waals surface area (Å²) in [7, 11) is 3.77. The van der Waals surface area contributed by atoms with Crippen molar-refractivity contribution in [1.29, 1.82) is 0 Å². The molecule has 0 aliphatic carbocycles. The van der Waals surface area contributed by atoms with E-state index in [9.17, 15) is 4.79 Å². The molecule has 3 rings (SSSR count). The fourth-order valence-electron chi connectivity index (χ4n) is 3.14. The third-order valence-electron chi connectivity index (χ3n) is 4.69. The van der Waals surface area contributed by atoms with E-state index in [1.54, 1.807) is 25.6 Å². The maximum Gasteiger partial charge on any atom is 0.266 e. The molecule has 0 bridgehead atoms. The Bertz CT molecular complexity index is 751. The van der Waals surface area contributed by atoms with Gasteiger partial charge in [0.2, 0.25) is 0 Å². The smallest absolute Gasteiger partial charge is 0.266 e. The minimum atomic E-state index is -0.0544. The Morgan fingerprint density at radius 2 is 2.00 bits per heavy atom. The van der Waals surface area contributed by atoms with Crippen molar-refractivity contribution in [3.8, 4) is 0 Å². The van der Waals surface area contributed by atoms with Gasteiger partial charge in [0.15, 0.2) is 0 Å². The number of likely N-dealkylation sites (tertiary alicyclic amines) is 1. The second kappa shape index (κ2) is 7.09. The van der Waals surface area contributed by atoms with Gasteiger partial charge in [-0.3, -0.25) is 9.69 Å². The third kappa shape index (κ3) is 3.79. The van der Waals surface area contributed by atoms with Crippen LogP contribution in [0, 0.1) is 6.92 Å². The van der Waals surface area contributed by atoms with E-state index in [0.717, 1.165) is 49.6 Å². The lowest BCUT2D eigenvalue weighted by Crippen LogP contribution is -2.43. The van der Waals surface area contributed by atoms with Crippen molar-refractivity contribution in [3.05, 3.63) is 46.3 Å². The maximum atomic E-state index is 11.7. The second-order valence-corrected chi connectivity index (χ2v) is 6.46. The summed E-state index contributed by atoms with van der Waals surface area (Å²) < 4.78 is 1.36. The lowest BCUT2D eigenvalue weighted by Gasteiger charge is -2.37. The highest BCUT2D eigenvalue weighted by Crippen LogP contribution is 2.21. The number of hydrogen-bond acceptors (Lipinski definition) is 6. The van der Waals surface area contributed by atoms with Crippen LogP contribution in [-0.4, -0.2) is 50.8 Å². The predicted octanol–water partition coefficient (Wildman–Crippen LogP) is 0.980. The second-order valence-electron chi connectivity index (χ2n) is 6.46. The molecule has 7 heteroatoms. The molecular weight excluding hydrogens is 304 g/mol. The highest BCUT2D eigenvalue weighted by molar-refractivity contribution is 5.39. The first-order chi connectivity index (χ1) is 11.5. The summed E-state index contributed by atoms with van der Waals surface area (Å²) >= 11 is 0. The first-order valence-corrected chi connectivity index (χ1v) is 8.29. The molecule has 1 aliphatic rings. The van der Waals surface area contributed by atoms with Crippen molar-refractivity contribution in [2.75, 3.05) is 25.0 Å². The van der Waals surface area contributed by atoms with Crippen LogP contribution in [0.25, 0.3) is 0 Å². The molecule has 3 heterocycles. The zero-order valence-electron chi connectivity index (χ0n) is 14.5. The van der Waals surface area contributed by atoms with Crippen molar-refractivity contribution < 1.29 is 0 Å². The molecule has 24 heavy (non-hydrogen) atoms. The Balaban J connectivity index is 1.57. The molecule has 2 aromatic heterocycles. The van der Waals surface area contributed by atoms with Crippen LogP contribution in [0.4, 0.5) is 5.82 Å². The fraction of sp³-hybridized carbons (Fsp3) is 0.529. The van der Waals surface area contributed by atoms with Crippen LogP contribution in [0.5, 0.6) is 0 Å².